The quantitative estimate of drug-likeness (QED) is 0.351. The number of carbonyl (C=O) groups is 1. The normalized spacial score (nSPS) is 10.1. The zero-order chi connectivity index (χ0) is 11.4. The first-order valence-corrected chi connectivity index (χ1v) is 5.59. The molecule has 0 spiro atoms. The molecule has 0 aliphatic carbocycles. The summed E-state index contributed by atoms with van der Waals surface area (Å²) in [6.45, 7) is 0. The van der Waals surface area contributed by atoms with Gasteiger partial charge in [-0.1, -0.05) is 23.4 Å². The molecule has 1 amide bonds. The molecular weight excluding hydrogens is 238 g/mol. The van der Waals surface area contributed by atoms with E-state index in [4.69, 9.17) is 16.4 Å². The monoisotopic (exact) mass is 247 g/mol. The maximum atomic E-state index is 11.6. The van der Waals surface area contributed by atoms with E-state index in [9.17, 15) is 4.79 Å². The highest BCUT2D eigenvalue weighted by molar-refractivity contribution is 7.98. The summed E-state index contributed by atoms with van der Waals surface area (Å²) in [5.41, 5.74) is 0.212. The Morgan fingerprint density at radius 1 is 1.60 bits per heavy atom. The average molecular weight is 248 g/mol. The summed E-state index contributed by atoms with van der Waals surface area (Å²) in [5, 5.41) is 1.76. The van der Waals surface area contributed by atoms with E-state index in [1.165, 1.54) is 32.0 Å². The van der Waals surface area contributed by atoms with E-state index in [1.54, 1.807) is 6.26 Å². The van der Waals surface area contributed by atoms with Crippen molar-refractivity contribution in [3.63, 3.8) is 0 Å². The molecule has 0 saturated heterocycles. The van der Waals surface area contributed by atoms with Gasteiger partial charge in [0.15, 0.2) is 5.16 Å². The number of aromatic nitrogens is 2. The molecular formula is C8H10ClN3O2S. The van der Waals surface area contributed by atoms with Crippen LogP contribution in [0.25, 0.3) is 0 Å². The minimum atomic E-state index is -0.364. The molecule has 0 radical (unpaired) electrons. The maximum absolute atomic E-state index is 11.6. The van der Waals surface area contributed by atoms with Crippen molar-refractivity contribution < 1.29 is 9.63 Å². The average Bonchev–Trinajstić information content (AvgIpc) is 2.26. The van der Waals surface area contributed by atoms with E-state index < -0.39 is 0 Å². The van der Waals surface area contributed by atoms with E-state index in [1.807, 2.05) is 0 Å². The van der Waals surface area contributed by atoms with Gasteiger partial charge in [0, 0.05) is 13.1 Å². The first-order valence-electron chi connectivity index (χ1n) is 3.99. The molecule has 0 atom stereocenters. The van der Waals surface area contributed by atoms with Crippen LogP contribution < -0.4 is 0 Å². The molecule has 0 saturated carbocycles. The fraction of sp³-hybridized carbons (Fsp3) is 0.375. The molecule has 1 aromatic heterocycles. The highest BCUT2D eigenvalue weighted by atomic mass is 35.5. The highest BCUT2D eigenvalue weighted by Crippen LogP contribution is 2.15. The number of hydrogen-bond donors (Lipinski definition) is 0. The lowest BCUT2D eigenvalue weighted by Gasteiger charge is -2.12. The topological polar surface area (TPSA) is 55.3 Å². The molecule has 1 aromatic rings. The molecule has 0 aromatic carbocycles. The molecule has 0 unspecified atom stereocenters. The van der Waals surface area contributed by atoms with Crippen molar-refractivity contribution in [2.75, 3.05) is 20.4 Å². The van der Waals surface area contributed by atoms with Crippen LogP contribution in [0.1, 0.15) is 10.5 Å². The van der Waals surface area contributed by atoms with Gasteiger partial charge in [0.05, 0.1) is 7.11 Å². The highest BCUT2D eigenvalue weighted by Gasteiger charge is 2.15. The second kappa shape index (κ2) is 5.29. The number of carbonyl (C=O) groups excluding carboxylic acids is 1. The van der Waals surface area contributed by atoms with Crippen molar-refractivity contribution in [3.05, 3.63) is 16.9 Å². The lowest BCUT2D eigenvalue weighted by Crippen LogP contribution is -2.26. The largest absolute Gasteiger partial charge is 0.295 e. The molecule has 1 rings (SSSR count). The summed E-state index contributed by atoms with van der Waals surface area (Å²) in [6, 6.07) is 1.40. The third-order valence-corrected chi connectivity index (χ3v) is 2.38. The van der Waals surface area contributed by atoms with Crippen LogP contribution >= 0.6 is 23.4 Å². The zero-order valence-corrected chi connectivity index (χ0v) is 10.1. The van der Waals surface area contributed by atoms with Crippen molar-refractivity contribution in [2.45, 2.75) is 5.16 Å². The number of amides is 1. The molecule has 82 valence electrons. The van der Waals surface area contributed by atoms with E-state index in [2.05, 4.69) is 9.97 Å². The number of thioether (sulfide) groups is 1. The summed E-state index contributed by atoms with van der Waals surface area (Å²) < 4.78 is 0. The van der Waals surface area contributed by atoms with Crippen molar-refractivity contribution in [3.8, 4) is 0 Å². The van der Waals surface area contributed by atoms with Gasteiger partial charge in [-0.2, -0.15) is 0 Å². The fourth-order valence-electron chi connectivity index (χ4n) is 0.842. The molecule has 0 aliphatic heterocycles. The van der Waals surface area contributed by atoms with Gasteiger partial charge in [0.25, 0.3) is 5.91 Å². The van der Waals surface area contributed by atoms with Gasteiger partial charge >= 0.3 is 0 Å². The van der Waals surface area contributed by atoms with Gasteiger partial charge in [-0.25, -0.2) is 15.0 Å². The molecule has 5 nitrogen and oxygen atoms in total. The lowest BCUT2D eigenvalue weighted by atomic mass is 10.4. The number of nitrogens with zero attached hydrogens (tertiary/aromatic N) is 3. The van der Waals surface area contributed by atoms with Crippen LogP contribution in [0.3, 0.4) is 0 Å². The standard InChI is InChI=1S/C8H10ClN3O2S/c1-12(14-2)7(13)5-4-6(9)11-8(10-5)15-3/h4H,1-3H3. The number of hydrogen-bond acceptors (Lipinski definition) is 5. The first kappa shape index (κ1) is 12.2. The van der Waals surface area contributed by atoms with Gasteiger partial charge in [0.2, 0.25) is 0 Å². The smallest absolute Gasteiger partial charge is 0.274 e. The summed E-state index contributed by atoms with van der Waals surface area (Å²) >= 11 is 7.06. The van der Waals surface area contributed by atoms with Crippen LogP contribution in [0.4, 0.5) is 0 Å². The summed E-state index contributed by atoms with van der Waals surface area (Å²) in [5.74, 6) is -0.364. The molecule has 1 heterocycles. The predicted octanol–water partition coefficient (Wildman–Crippen LogP) is 1.49. The third-order valence-electron chi connectivity index (χ3n) is 1.64. The molecule has 0 fully saturated rings. The second-order valence-electron chi connectivity index (χ2n) is 2.55. The van der Waals surface area contributed by atoms with Gasteiger partial charge in [-0.3, -0.25) is 9.63 Å². The van der Waals surface area contributed by atoms with Crippen molar-refractivity contribution in [1.29, 1.82) is 0 Å². The fourth-order valence-corrected chi connectivity index (χ4v) is 1.45. The maximum Gasteiger partial charge on any atom is 0.295 e. The lowest BCUT2D eigenvalue weighted by molar-refractivity contribution is -0.0761. The van der Waals surface area contributed by atoms with Crippen LogP contribution in [0, 0.1) is 0 Å². The minimum absolute atomic E-state index is 0.212. The SMILES string of the molecule is CON(C)C(=O)c1cc(Cl)nc(SC)n1. The summed E-state index contributed by atoms with van der Waals surface area (Å²) in [7, 11) is 2.90. The Morgan fingerprint density at radius 3 is 2.80 bits per heavy atom. The van der Waals surface area contributed by atoms with E-state index >= 15 is 0 Å². The molecule has 0 bridgehead atoms. The van der Waals surface area contributed by atoms with E-state index in [0.717, 1.165) is 5.06 Å². The first-order chi connectivity index (χ1) is 7.08. The van der Waals surface area contributed by atoms with E-state index in [-0.39, 0.29) is 16.8 Å². The number of hydroxylamine groups is 2. The Balaban J connectivity index is 3.03. The minimum Gasteiger partial charge on any atom is -0.274 e. The molecule has 0 aliphatic rings. The number of rotatable bonds is 3. The zero-order valence-electron chi connectivity index (χ0n) is 8.52. The van der Waals surface area contributed by atoms with Crippen molar-refractivity contribution in [2.24, 2.45) is 0 Å². The Morgan fingerprint density at radius 2 is 2.27 bits per heavy atom. The Labute approximate surface area is 96.7 Å². The molecule has 0 N–H and O–H groups in total. The third kappa shape index (κ3) is 3.05. The van der Waals surface area contributed by atoms with Crippen molar-refractivity contribution in [1.82, 2.24) is 15.0 Å². The Kier molecular flexibility index (Phi) is 4.31. The molecule has 15 heavy (non-hydrogen) atoms. The second-order valence-corrected chi connectivity index (χ2v) is 3.71. The summed E-state index contributed by atoms with van der Waals surface area (Å²) in [4.78, 5) is 24.3. The van der Waals surface area contributed by atoms with Crippen LogP contribution in [0.5, 0.6) is 0 Å². The predicted molar refractivity (Wildman–Crippen MR) is 57.9 cm³/mol. The summed E-state index contributed by atoms with van der Waals surface area (Å²) in [6.07, 6.45) is 1.81. The van der Waals surface area contributed by atoms with Gasteiger partial charge in [-0.05, 0) is 6.26 Å². The van der Waals surface area contributed by atoms with Crippen molar-refractivity contribution >= 4 is 29.3 Å². The van der Waals surface area contributed by atoms with Crippen LogP contribution in [0.15, 0.2) is 11.2 Å². The van der Waals surface area contributed by atoms with Crippen LogP contribution in [0.2, 0.25) is 5.15 Å². The van der Waals surface area contributed by atoms with Gasteiger partial charge in [0.1, 0.15) is 10.8 Å². The van der Waals surface area contributed by atoms with Crippen LogP contribution in [-0.4, -0.2) is 41.4 Å². The van der Waals surface area contributed by atoms with Gasteiger partial charge in [-0.15, -0.1) is 0 Å². The Bertz CT molecular complexity index is 375. The Hall–Kier alpha value is -0.850. The van der Waals surface area contributed by atoms with Crippen LogP contribution in [-0.2, 0) is 4.84 Å². The number of halogens is 1. The molecule has 7 heteroatoms. The van der Waals surface area contributed by atoms with E-state index in [0.29, 0.717) is 5.16 Å². The van der Waals surface area contributed by atoms with Gasteiger partial charge < -0.3 is 0 Å².